The highest BCUT2D eigenvalue weighted by Gasteiger charge is 2.31. The lowest BCUT2D eigenvalue weighted by molar-refractivity contribution is -0.137. The van der Waals surface area contributed by atoms with Crippen molar-refractivity contribution >= 4 is 34.9 Å². The molecule has 35 heavy (non-hydrogen) atoms. The maximum Gasteiger partial charge on any atom is 0.416 e. The number of nitrogens with one attached hydrogen (secondary N) is 1. The van der Waals surface area contributed by atoms with Crippen LogP contribution in [0.1, 0.15) is 27.9 Å². The molecule has 4 rings (SSSR count). The Bertz CT molecular complexity index is 1250. The Labute approximate surface area is 203 Å². The van der Waals surface area contributed by atoms with Crippen LogP contribution in [-0.4, -0.2) is 29.9 Å². The van der Waals surface area contributed by atoms with E-state index in [4.69, 9.17) is 11.6 Å². The van der Waals surface area contributed by atoms with Crippen molar-refractivity contribution in [2.75, 3.05) is 23.3 Å². The highest BCUT2D eigenvalue weighted by Crippen LogP contribution is 2.30. The van der Waals surface area contributed by atoms with E-state index < -0.39 is 23.5 Å². The van der Waals surface area contributed by atoms with Gasteiger partial charge < -0.3 is 10.2 Å². The van der Waals surface area contributed by atoms with E-state index >= 15 is 0 Å². The van der Waals surface area contributed by atoms with E-state index in [1.165, 1.54) is 23.1 Å². The molecule has 1 saturated heterocycles. The van der Waals surface area contributed by atoms with Crippen LogP contribution in [0.4, 0.5) is 33.7 Å². The fourth-order valence-electron chi connectivity index (χ4n) is 3.81. The van der Waals surface area contributed by atoms with E-state index in [2.05, 4.69) is 5.32 Å². The van der Waals surface area contributed by atoms with Crippen LogP contribution in [0.2, 0.25) is 5.02 Å². The number of carbonyl (C=O) groups is 2. The summed E-state index contributed by atoms with van der Waals surface area (Å²) in [5, 5.41) is 2.55. The molecule has 0 bridgehead atoms. The van der Waals surface area contributed by atoms with Crippen LogP contribution in [0.15, 0.2) is 66.7 Å². The third kappa shape index (κ3) is 5.57. The van der Waals surface area contributed by atoms with E-state index in [1.54, 1.807) is 41.3 Å². The molecule has 0 unspecified atom stereocenters. The van der Waals surface area contributed by atoms with Crippen molar-refractivity contribution in [3.63, 3.8) is 0 Å². The number of amides is 3. The van der Waals surface area contributed by atoms with Crippen LogP contribution in [0.3, 0.4) is 0 Å². The molecule has 3 aromatic carbocycles. The lowest BCUT2D eigenvalue weighted by atomic mass is 10.1. The summed E-state index contributed by atoms with van der Waals surface area (Å²) in [6.07, 6.45) is -3.88. The van der Waals surface area contributed by atoms with E-state index in [0.29, 0.717) is 36.4 Å². The molecule has 3 aromatic rings. The maximum absolute atomic E-state index is 14.3. The molecule has 182 valence electrons. The van der Waals surface area contributed by atoms with Crippen molar-refractivity contribution in [3.8, 4) is 0 Å². The van der Waals surface area contributed by atoms with Gasteiger partial charge in [0.2, 0.25) is 0 Å². The van der Waals surface area contributed by atoms with Crippen molar-refractivity contribution in [2.24, 2.45) is 0 Å². The number of halogens is 5. The van der Waals surface area contributed by atoms with Crippen LogP contribution in [0.5, 0.6) is 0 Å². The summed E-state index contributed by atoms with van der Waals surface area (Å²) in [4.78, 5) is 28.5. The summed E-state index contributed by atoms with van der Waals surface area (Å²) in [6, 6.07) is 14.9. The van der Waals surface area contributed by atoms with E-state index in [-0.39, 0.29) is 23.2 Å². The quantitative estimate of drug-likeness (QED) is 0.398. The predicted molar refractivity (Wildman–Crippen MR) is 125 cm³/mol. The Morgan fingerprint density at radius 1 is 1.00 bits per heavy atom. The Kier molecular flexibility index (Phi) is 6.98. The maximum atomic E-state index is 14.3. The van der Waals surface area contributed by atoms with Crippen LogP contribution in [0, 0.1) is 5.82 Å². The van der Waals surface area contributed by atoms with Crippen LogP contribution in [0.25, 0.3) is 0 Å². The number of benzene rings is 3. The molecule has 10 heteroatoms. The topological polar surface area (TPSA) is 52.7 Å². The second kappa shape index (κ2) is 9.95. The number of rotatable bonds is 5. The number of hydrogen-bond acceptors (Lipinski definition) is 2. The number of anilines is 2. The highest BCUT2D eigenvalue weighted by atomic mass is 35.5. The minimum absolute atomic E-state index is 0.00779. The van der Waals surface area contributed by atoms with Gasteiger partial charge in [-0.2, -0.15) is 13.2 Å². The first-order valence-corrected chi connectivity index (χ1v) is 11.1. The summed E-state index contributed by atoms with van der Waals surface area (Å²) < 4.78 is 53.0. The summed E-state index contributed by atoms with van der Waals surface area (Å²) in [7, 11) is 0. The summed E-state index contributed by atoms with van der Waals surface area (Å²) >= 11 is 5.84. The minimum atomic E-state index is -4.55. The van der Waals surface area contributed by atoms with Gasteiger partial charge in [-0.15, -0.1) is 0 Å². The molecule has 0 aliphatic carbocycles. The minimum Gasteiger partial charge on any atom is -0.322 e. The highest BCUT2D eigenvalue weighted by molar-refractivity contribution is 6.30. The number of urea groups is 1. The number of alkyl halides is 3. The molecule has 0 spiro atoms. The average Bonchev–Trinajstić information content (AvgIpc) is 2.83. The monoisotopic (exact) mass is 505 g/mol. The van der Waals surface area contributed by atoms with Crippen LogP contribution >= 0.6 is 11.6 Å². The van der Waals surface area contributed by atoms with Gasteiger partial charge in [0.1, 0.15) is 5.82 Å². The van der Waals surface area contributed by atoms with E-state index in [0.717, 1.165) is 12.1 Å². The van der Waals surface area contributed by atoms with E-state index in [1.807, 2.05) is 0 Å². The molecule has 0 atom stereocenters. The average molecular weight is 506 g/mol. The van der Waals surface area contributed by atoms with Crippen molar-refractivity contribution in [2.45, 2.75) is 19.1 Å². The largest absolute Gasteiger partial charge is 0.416 e. The second-order valence-corrected chi connectivity index (χ2v) is 8.41. The second-order valence-electron chi connectivity index (χ2n) is 8.00. The van der Waals surface area contributed by atoms with Crippen molar-refractivity contribution in [1.29, 1.82) is 0 Å². The van der Waals surface area contributed by atoms with Gasteiger partial charge in [-0.1, -0.05) is 29.8 Å². The van der Waals surface area contributed by atoms with Crippen molar-refractivity contribution in [1.82, 2.24) is 4.90 Å². The van der Waals surface area contributed by atoms with Gasteiger partial charge in [-0.25, -0.2) is 9.18 Å². The number of hydrogen-bond donors (Lipinski definition) is 1. The molecular formula is C25H20ClF4N3O2. The first-order chi connectivity index (χ1) is 16.6. The summed E-state index contributed by atoms with van der Waals surface area (Å²) in [5.74, 6) is -1.24. The zero-order valence-corrected chi connectivity index (χ0v) is 19.0. The van der Waals surface area contributed by atoms with E-state index in [9.17, 15) is 27.2 Å². The standard InChI is InChI=1S/C25H20ClF4N3O2/c26-21-7-2-5-17(22(21)27)15-32-12-3-13-33(24(32)35)20-10-8-19(9-11-20)31-23(34)16-4-1-6-18(14-16)25(28,29)30/h1-2,4-11,14H,3,12-13,15H2,(H,31,34). The molecule has 0 aromatic heterocycles. The smallest absolute Gasteiger partial charge is 0.322 e. The van der Waals surface area contributed by atoms with Crippen molar-refractivity contribution in [3.05, 3.63) is 94.3 Å². The number of nitrogens with zero attached hydrogens (tertiary/aromatic N) is 2. The van der Waals surface area contributed by atoms with Gasteiger partial charge in [0.05, 0.1) is 17.1 Å². The third-order valence-electron chi connectivity index (χ3n) is 5.59. The third-order valence-corrected chi connectivity index (χ3v) is 5.88. The van der Waals surface area contributed by atoms with Crippen molar-refractivity contribution < 1.29 is 27.2 Å². The fraction of sp³-hybridized carbons (Fsp3) is 0.200. The fourth-order valence-corrected chi connectivity index (χ4v) is 4.00. The summed E-state index contributed by atoms with van der Waals surface area (Å²) in [6.45, 7) is 1.00. The zero-order chi connectivity index (χ0) is 25.2. The molecule has 0 radical (unpaired) electrons. The molecule has 1 fully saturated rings. The number of carbonyl (C=O) groups excluding carboxylic acids is 2. The molecule has 5 nitrogen and oxygen atoms in total. The van der Waals surface area contributed by atoms with Gasteiger partial charge in [0.15, 0.2) is 0 Å². The summed E-state index contributed by atoms with van der Waals surface area (Å²) in [5.41, 5.74) is 0.215. The van der Waals surface area contributed by atoms with Gasteiger partial charge in [0.25, 0.3) is 5.91 Å². The molecule has 1 heterocycles. The molecule has 3 amide bonds. The molecule has 1 N–H and O–H groups in total. The lowest BCUT2D eigenvalue weighted by Gasteiger charge is -2.35. The Hall–Kier alpha value is -3.59. The first-order valence-electron chi connectivity index (χ1n) is 10.7. The Balaban J connectivity index is 1.44. The molecule has 1 aliphatic rings. The Morgan fingerprint density at radius 2 is 1.71 bits per heavy atom. The van der Waals surface area contributed by atoms with Crippen LogP contribution < -0.4 is 10.2 Å². The zero-order valence-electron chi connectivity index (χ0n) is 18.3. The van der Waals surface area contributed by atoms with Gasteiger partial charge in [0, 0.05) is 35.6 Å². The Morgan fingerprint density at radius 3 is 2.43 bits per heavy atom. The molecule has 0 saturated carbocycles. The van der Waals surface area contributed by atoms with Gasteiger partial charge in [-0.3, -0.25) is 9.69 Å². The lowest BCUT2D eigenvalue weighted by Crippen LogP contribution is -2.49. The van der Waals surface area contributed by atoms with Gasteiger partial charge in [-0.05, 0) is 55.0 Å². The normalized spacial score (nSPS) is 14.3. The van der Waals surface area contributed by atoms with Gasteiger partial charge >= 0.3 is 12.2 Å². The predicted octanol–water partition coefficient (Wildman–Crippen LogP) is 6.58. The first kappa shape index (κ1) is 24.5. The molecule has 1 aliphatic heterocycles. The molecular weight excluding hydrogens is 486 g/mol. The van der Waals surface area contributed by atoms with Crippen LogP contribution in [-0.2, 0) is 12.7 Å². The SMILES string of the molecule is O=C(Nc1ccc(N2CCCN(Cc3cccc(Cl)c3F)C2=O)cc1)c1cccc(C(F)(F)F)c1.